The van der Waals surface area contributed by atoms with Crippen LogP contribution >= 0.6 is 0 Å². The predicted octanol–water partition coefficient (Wildman–Crippen LogP) is 1.90. The highest BCUT2D eigenvalue weighted by molar-refractivity contribution is 7.86. The zero-order valence-corrected chi connectivity index (χ0v) is 16.7. The van der Waals surface area contributed by atoms with Crippen LogP contribution in [0.5, 0.6) is 0 Å². The molecule has 2 rings (SSSR count). The molecule has 0 fully saturated rings. The van der Waals surface area contributed by atoms with Crippen LogP contribution in [-0.4, -0.2) is 48.1 Å². The maximum absolute atomic E-state index is 11.8. The minimum Gasteiger partial charge on any atom is -0.478 e. The van der Waals surface area contributed by atoms with Crippen molar-refractivity contribution in [2.24, 2.45) is 0 Å². The molecule has 0 aliphatic heterocycles. The van der Waals surface area contributed by atoms with Crippen LogP contribution in [0.15, 0.2) is 46.2 Å². The van der Waals surface area contributed by atoms with Gasteiger partial charge in [0.15, 0.2) is 0 Å². The van der Waals surface area contributed by atoms with Gasteiger partial charge in [0.1, 0.15) is 0 Å². The van der Waals surface area contributed by atoms with Crippen molar-refractivity contribution in [1.82, 2.24) is 0 Å². The van der Waals surface area contributed by atoms with E-state index in [1.165, 1.54) is 13.8 Å². The van der Waals surface area contributed by atoms with Gasteiger partial charge < -0.3 is 10.2 Å². The van der Waals surface area contributed by atoms with E-state index in [4.69, 9.17) is 10.2 Å². The molecular formula is C17H16O10S2. The van der Waals surface area contributed by atoms with Gasteiger partial charge >= 0.3 is 11.9 Å². The molecular weight excluding hydrogens is 428 g/mol. The SMILES string of the molecule is CC(C)(c1ccc(C(=O)O)cc1S(=O)(=O)O)c1ccc(C(=O)O)cc1S(=O)(=O)O. The van der Waals surface area contributed by atoms with Crippen molar-refractivity contribution in [3.63, 3.8) is 0 Å². The number of carboxylic acids is 2. The van der Waals surface area contributed by atoms with Crippen LogP contribution in [-0.2, 0) is 25.7 Å². The molecule has 0 saturated heterocycles. The Morgan fingerprint density at radius 2 is 1.03 bits per heavy atom. The maximum Gasteiger partial charge on any atom is 0.335 e. The molecule has 0 heterocycles. The molecule has 12 heteroatoms. The van der Waals surface area contributed by atoms with Gasteiger partial charge in [-0.25, -0.2) is 9.59 Å². The summed E-state index contributed by atoms with van der Waals surface area (Å²) in [7, 11) is -9.84. The first kappa shape index (κ1) is 22.5. The molecule has 2 aromatic carbocycles. The van der Waals surface area contributed by atoms with E-state index in [1.54, 1.807) is 0 Å². The molecule has 0 spiro atoms. The number of rotatable bonds is 6. The molecule has 0 amide bonds. The molecule has 0 atom stereocenters. The lowest BCUT2D eigenvalue weighted by Gasteiger charge is -2.29. The Bertz CT molecular complexity index is 1130. The summed E-state index contributed by atoms with van der Waals surface area (Å²) in [6, 6.07) is 5.73. The number of carboxylic acid groups (broad SMARTS) is 2. The highest BCUT2D eigenvalue weighted by atomic mass is 32.2. The third kappa shape index (κ3) is 4.45. The summed E-state index contributed by atoms with van der Waals surface area (Å²) in [6.07, 6.45) is 0. The minimum atomic E-state index is -4.92. The first-order valence-electron chi connectivity index (χ1n) is 7.77. The zero-order valence-electron chi connectivity index (χ0n) is 15.0. The van der Waals surface area contributed by atoms with Crippen molar-refractivity contribution in [2.75, 3.05) is 0 Å². The average molecular weight is 444 g/mol. The van der Waals surface area contributed by atoms with Crippen molar-refractivity contribution in [1.29, 1.82) is 0 Å². The van der Waals surface area contributed by atoms with Gasteiger partial charge in [0.25, 0.3) is 20.2 Å². The van der Waals surface area contributed by atoms with E-state index in [0.29, 0.717) is 12.1 Å². The van der Waals surface area contributed by atoms with Crippen molar-refractivity contribution in [3.05, 3.63) is 58.7 Å². The summed E-state index contributed by atoms with van der Waals surface area (Å²) in [4.78, 5) is 20.8. The smallest absolute Gasteiger partial charge is 0.335 e. The highest BCUT2D eigenvalue weighted by Crippen LogP contribution is 2.39. The normalized spacial score (nSPS) is 12.6. The number of carbonyl (C=O) groups is 2. The topological polar surface area (TPSA) is 183 Å². The van der Waals surface area contributed by atoms with E-state index in [-0.39, 0.29) is 11.1 Å². The minimum absolute atomic E-state index is 0.169. The van der Waals surface area contributed by atoms with E-state index in [2.05, 4.69) is 0 Å². The molecule has 0 unspecified atom stereocenters. The Morgan fingerprint density at radius 3 is 1.28 bits per heavy atom. The molecule has 0 radical (unpaired) electrons. The molecule has 29 heavy (non-hydrogen) atoms. The van der Waals surface area contributed by atoms with Crippen molar-refractivity contribution in [2.45, 2.75) is 29.1 Å². The van der Waals surface area contributed by atoms with E-state index >= 15 is 0 Å². The van der Waals surface area contributed by atoms with Gasteiger partial charge in [-0.15, -0.1) is 0 Å². The molecule has 0 aliphatic rings. The van der Waals surface area contributed by atoms with Gasteiger partial charge in [0, 0.05) is 5.41 Å². The number of hydrogen-bond donors (Lipinski definition) is 4. The number of benzene rings is 2. The molecule has 0 saturated carbocycles. The molecule has 0 aliphatic carbocycles. The summed E-state index contributed by atoms with van der Waals surface area (Å²) in [6.45, 7) is 2.73. The second-order valence-electron chi connectivity index (χ2n) is 6.61. The van der Waals surface area contributed by atoms with Gasteiger partial charge in [-0.1, -0.05) is 26.0 Å². The second-order valence-corrected chi connectivity index (χ2v) is 9.39. The third-order valence-corrected chi connectivity index (χ3v) is 6.15. The largest absolute Gasteiger partial charge is 0.478 e. The first-order chi connectivity index (χ1) is 13.1. The van der Waals surface area contributed by atoms with E-state index < -0.39 is 58.5 Å². The van der Waals surface area contributed by atoms with Gasteiger partial charge in [-0.05, 0) is 35.4 Å². The summed E-state index contributed by atoms with van der Waals surface area (Å²) in [5.74, 6) is -2.91. The lowest BCUT2D eigenvalue weighted by atomic mass is 9.77. The van der Waals surface area contributed by atoms with Crippen LogP contribution in [0.3, 0.4) is 0 Å². The molecule has 0 aromatic heterocycles. The van der Waals surface area contributed by atoms with Crippen molar-refractivity contribution in [3.8, 4) is 0 Å². The summed E-state index contributed by atoms with van der Waals surface area (Å²) in [5, 5.41) is 18.1. The second kappa shape index (κ2) is 7.22. The van der Waals surface area contributed by atoms with Gasteiger partial charge in [-0.3, -0.25) is 9.11 Å². The summed E-state index contributed by atoms with van der Waals surface area (Å²) in [5.41, 5.74) is -2.73. The van der Waals surface area contributed by atoms with E-state index in [1.807, 2.05) is 0 Å². The Morgan fingerprint density at radius 1 is 0.724 bits per heavy atom. The third-order valence-electron chi connectivity index (χ3n) is 4.36. The van der Waals surface area contributed by atoms with Gasteiger partial charge in [0.2, 0.25) is 0 Å². The fourth-order valence-electron chi connectivity index (χ4n) is 2.92. The van der Waals surface area contributed by atoms with Crippen molar-refractivity contribution >= 4 is 32.2 Å². The highest BCUT2D eigenvalue weighted by Gasteiger charge is 2.35. The van der Waals surface area contributed by atoms with Gasteiger partial charge in [-0.2, -0.15) is 16.8 Å². The van der Waals surface area contributed by atoms with Crippen LogP contribution in [0.4, 0.5) is 0 Å². The van der Waals surface area contributed by atoms with E-state index in [0.717, 1.165) is 24.3 Å². The van der Waals surface area contributed by atoms with Crippen LogP contribution < -0.4 is 0 Å². The molecule has 156 valence electrons. The number of hydrogen-bond acceptors (Lipinski definition) is 6. The fraction of sp³-hybridized carbons (Fsp3) is 0.176. The summed E-state index contributed by atoms with van der Waals surface area (Å²) >= 11 is 0. The predicted molar refractivity (Wildman–Crippen MR) is 98.6 cm³/mol. The van der Waals surface area contributed by atoms with Gasteiger partial charge in [0.05, 0.1) is 20.9 Å². The molecule has 0 bridgehead atoms. The molecule has 10 nitrogen and oxygen atoms in total. The Labute approximate surface area is 165 Å². The lowest BCUT2D eigenvalue weighted by Crippen LogP contribution is -2.25. The average Bonchev–Trinajstić information content (AvgIpc) is 2.59. The monoisotopic (exact) mass is 444 g/mol. The van der Waals surface area contributed by atoms with Crippen LogP contribution in [0.2, 0.25) is 0 Å². The van der Waals surface area contributed by atoms with Crippen LogP contribution in [0.1, 0.15) is 45.7 Å². The Hall–Kier alpha value is -2.80. The Kier molecular flexibility index (Phi) is 5.60. The van der Waals surface area contributed by atoms with E-state index in [9.17, 15) is 35.5 Å². The Balaban J connectivity index is 2.90. The first-order valence-corrected chi connectivity index (χ1v) is 10.7. The zero-order chi connectivity index (χ0) is 22.4. The maximum atomic E-state index is 11.8. The van der Waals surface area contributed by atoms with Crippen LogP contribution in [0.25, 0.3) is 0 Å². The van der Waals surface area contributed by atoms with Crippen molar-refractivity contribution < 1.29 is 45.7 Å². The fourth-order valence-corrected chi connectivity index (χ4v) is 4.67. The molecule has 4 N–H and O–H groups in total. The molecule has 2 aromatic rings. The summed E-state index contributed by atoms with van der Waals surface area (Å²) < 4.78 is 66.5. The standard InChI is InChI=1S/C17H16O10S2/c1-17(2,11-5-3-9(15(18)19)7-13(11)28(22,23)24)12-6-4-10(16(20)21)8-14(12)29(25,26)27/h3-8H,1-2H3,(H,18,19)(H,20,21)(H,22,23,24)(H,25,26,27). The lowest BCUT2D eigenvalue weighted by molar-refractivity contribution is 0.0685. The number of aromatic carboxylic acids is 2. The van der Waals surface area contributed by atoms with Crippen LogP contribution in [0, 0.1) is 0 Å². The quantitative estimate of drug-likeness (QED) is 0.480.